The Kier molecular flexibility index (Phi) is 2.57. The zero-order valence-electron chi connectivity index (χ0n) is 9.30. The zero-order valence-corrected chi connectivity index (χ0v) is 10.9. The van der Waals surface area contributed by atoms with E-state index in [4.69, 9.17) is 12.2 Å². The lowest BCUT2D eigenvalue weighted by Crippen LogP contribution is -1.95. The number of benzene rings is 1. The molecule has 3 aromatic rings. The molecule has 0 spiro atoms. The van der Waals surface area contributed by atoms with E-state index < -0.39 is 0 Å². The van der Waals surface area contributed by atoms with E-state index >= 15 is 0 Å². The van der Waals surface area contributed by atoms with Crippen LogP contribution in [-0.2, 0) is 6.42 Å². The number of nitrogens with zero attached hydrogens (tertiary/aromatic N) is 2. The molecule has 0 saturated heterocycles. The highest BCUT2D eigenvalue weighted by molar-refractivity contribution is 7.71. The van der Waals surface area contributed by atoms with Gasteiger partial charge in [-0.1, -0.05) is 42.6 Å². The molecule has 0 aliphatic rings. The van der Waals surface area contributed by atoms with Gasteiger partial charge in [-0.05, 0) is 24.6 Å². The fraction of sp³-hybridized carbons (Fsp3) is 0.167. The van der Waals surface area contributed by atoms with Crippen molar-refractivity contribution < 1.29 is 0 Å². The van der Waals surface area contributed by atoms with Crippen LogP contribution in [0.4, 0.5) is 0 Å². The molecule has 0 saturated carbocycles. The van der Waals surface area contributed by atoms with Gasteiger partial charge in [0, 0.05) is 5.69 Å². The van der Waals surface area contributed by atoms with E-state index in [2.05, 4.69) is 23.1 Å². The van der Waals surface area contributed by atoms with Gasteiger partial charge in [0.05, 0.1) is 10.2 Å². The second-order valence-electron chi connectivity index (χ2n) is 3.77. The van der Waals surface area contributed by atoms with Crippen molar-refractivity contribution in [3.05, 3.63) is 40.7 Å². The topological polar surface area (TPSA) is 33.6 Å². The number of rotatable bonds is 2. The number of aromatic amines is 1. The quantitative estimate of drug-likeness (QED) is 0.713. The number of hydrogen-bond donors (Lipinski definition) is 1. The number of aryl methyl sites for hydroxylation is 1. The Labute approximate surface area is 108 Å². The van der Waals surface area contributed by atoms with E-state index in [1.54, 1.807) is 11.3 Å². The standard InChI is InChI=1S/C12H11N3S2/c1-2-8-7-11(16)15(14-8)12-13-9-5-3-4-6-10(9)17-12/h3-7,14H,2H2,1H3. The SMILES string of the molecule is CCc1cc(=S)n(-c2nc3ccccc3s2)[nH]1. The average molecular weight is 261 g/mol. The van der Waals surface area contributed by atoms with E-state index in [1.807, 2.05) is 28.9 Å². The third kappa shape index (κ3) is 1.81. The summed E-state index contributed by atoms with van der Waals surface area (Å²) < 4.78 is 3.83. The van der Waals surface area contributed by atoms with E-state index in [1.165, 1.54) is 4.70 Å². The molecule has 0 bridgehead atoms. The molecule has 1 N–H and O–H groups in total. The molecule has 0 atom stereocenters. The number of thiazole rings is 1. The Morgan fingerprint density at radius 1 is 1.41 bits per heavy atom. The highest BCUT2D eigenvalue weighted by atomic mass is 32.1. The summed E-state index contributed by atoms with van der Waals surface area (Å²) in [5.74, 6) is 0. The van der Waals surface area contributed by atoms with Crippen LogP contribution in [0.15, 0.2) is 30.3 Å². The minimum absolute atomic E-state index is 0.779. The number of hydrogen-bond acceptors (Lipinski definition) is 3. The normalized spacial score (nSPS) is 11.1. The number of nitrogens with one attached hydrogen (secondary N) is 1. The van der Waals surface area contributed by atoms with Gasteiger partial charge in [0.2, 0.25) is 5.13 Å². The average Bonchev–Trinajstić information content (AvgIpc) is 2.91. The number of H-pyrrole nitrogens is 1. The Hall–Kier alpha value is -1.46. The lowest BCUT2D eigenvalue weighted by Gasteiger charge is -1.95. The third-order valence-electron chi connectivity index (χ3n) is 2.63. The summed E-state index contributed by atoms with van der Waals surface area (Å²) in [4.78, 5) is 4.57. The van der Waals surface area contributed by atoms with Crippen LogP contribution in [0.5, 0.6) is 0 Å². The predicted molar refractivity (Wildman–Crippen MR) is 73.5 cm³/mol. The smallest absolute Gasteiger partial charge is 0.210 e. The lowest BCUT2D eigenvalue weighted by molar-refractivity contribution is 0.828. The molecule has 0 unspecified atom stereocenters. The highest BCUT2D eigenvalue weighted by Gasteiger charge is 2.07. The van der Waals surface area contributed by atoms with E-state index in [-0.39, 0.29) is 0 Å². The monoisotopic (exact) mass is 261 g/mol. The number of fused-ring (bicyclic) bond motifs is 1. The second kappa shape index (κ2) is 4.09. The Morgan fingerprint density at radius 2 is 2.24 bits per heavy atom. The summed E-state index contributed by atoms with van der Waals surface area (Å²) in [6.07, 6.45) is 0.946. The first kappa shape index (κ1) is 10.7. The van der Waals surface area contributed by atoms with Gasteiger partial charge >= 0.3 is 0 Å². The molecular weight excluding hydrogens is 250 g/mol. The minimum Gasteiger partial charge on any atom is -0.295 e. The first-order chi connectivity index (χ1) is 8.28. The van der Waals surface area contributed by atoms with Gasteiger partial charge in [-0.3, -0.25) is 5.10 Å². The van der Waals surface area contributed by atoms with Crippen molar-refractivity contribution >= 4 is 33.8 Å². The van der Waals surface area contributed by atoms with Crippen molar-refractivity contribution in [1.29, 1.82) is 0 Å². The summed E-state index contributed by atoms with van der Waals surface area (Å²) in [5.41, 5.74) is 2.15. The van der Waals surface area contributed by atoms with Crippen molar-refractivity contribution in [1.82, 2.24) is 14.8 Å². The van der Waals surface area contributed by atoms with Gasteiger partial charge in [-0.2, -0.15) is 0 Å². The van der Waals surface area contributed by atoms with Gasteiger partial charge in [0.25, 0.3) is 0 Å². The molecule has 0 aliphatic heterocycles. The van der Waals surface area contributed by atoms with E-state index in [0.717, 1.165) is 27.4 Å². The molecule has 5 heteroatoms. The summed E-state index contributed by atoms with van der Waals surface area (Å²) in [5, 5.41) is 4.17. The zero-order chi connectivity index (χ0) is 11.8. The fourth-order valence-corrected chi connectivity index (χ4v) is 3.00. The molecular formula is C12H11N3S2. The second-order valence-corrected chi connectivity index (χ2v) is 5.20. The molecule has 2 heterocycles. The first-order valence-electron chi connectivity index (χ1n) is 5.45. The molecule has 2 aromatic heterocycles. The largest absolute Gasteiger partial charge is 0.295 e. The maximum Gasteiger partial charge on any atom is 0.210 e. The summed E-state index contributed by atoms with van der Waals surface area (Å²) in [6, 6.07) is 10.1. The van der Waals surface area contributed by atoms with Crippen LogP contribution in [0.1, 0.15) is 12.6 Å². The van der Waals surface area contributed by atoms with E-state index in [0.29, 0.717) is 0 Å². The van der Waals surface area contributed by atoms with Crippen LogP contribution >= 0.6 is 23.6 Å². The molecule has 17 heavy (non-hydrogen) atoms. The Balaban J connectivity index is 2.20. The lowest BCUT2D eigenvalue weighted by atomic mass is 10.3. The summed E-state index contributed by atoms with van der Waals surface area (Å²) in [6.45, 7) is 2.10. The van der Waals surface area contributed by atoms with Gasteiger partial charge < -0.3 is 0 Å². The Morgan fingerprint density at radius 3 is 2.94 bits per heavy atom. The molecule has 0 radical (unpaired) electrons. The minimum atomic E-state index is 0.779. The molecule has 0 fully saturated rings. The third-order valence-corrected chi connectivity index (χ3v) is 3.95. The number of aromatic nitrogens is 3. The summed E-state index contributed by atoms with van der Waals surface area (Å²) >= 11 is 6.97. The van der Waals surface area contributed by atoms with Crippen molar-refractivity contribution in [3.63, 3.8) is 0 Å². The van der Waals surface area contributed by atoms with Crippen molar-refractivity contribution in [2.45, 2.75) is 13.3 Å². The molecule has 3 rings (SSSR count). The maximum absolute atomic E-state index is 5.32. The maximum atomic E-state index is 5.32. The van der Waals surface area contributed by atoms with Gasteiger partial charge in [0.15, 0.2) is 0 Å². The molecule has 0 aliphatic carbocycles. The molecule has 86 valence electrons. The fourth-order valence-electron chi connectivity index (χ4n) is 1.72. The van der Waals surface area contributed by atoms with Crippen LogP contribution in [0, 0.1) is 4.64 Å². The molecule has 3 nitrogen and oxygen atoms in total. The van der Waals surface area contributed by atoms with Gasteiger partial charge in [-0.25, -0.2) is 9.67 Å². The molecule has 1 aromatic carbocycles. The number of para-hydroxylation sites is 1. The van der Waals surface area contributed by atoms with E-state index in [9.17, 15) is 0 Å². The van der Waals surface area contributed by atoms with Crippen molar-refractivity contribution in [2.24, 2.45) is 0 Å². The molecule has 0 amide bonds. The highest BCUT2D eigenvalue weighted by Crippen LogP contribution is 2.24. The van der Waals surface area contributed by atoms with Crippen LogP contribution in [0.3, 0.4) is 0 Å². The van der Waals surface area contributed by atoms with Crippen LogP contribution in [-0.4, -0.2) is 14.8 Å². The Bertz CT molecular complexity index is 688. The summed E-state index contributed by atoms with van der Waals surface area (Å²) in [7, 11) is 0. The van der Waals surface area contributed by atoms with Crippen LogP contribution in [0.25, 0.3) is 15.3 Å². The van der Waals surface area contributed by atoms with Crippen LogP contribution < -0.4 is 0 Å². The van der Waals surface area contributed by atoms with Crippen molar-refractivity contribution in [3.8, 4) is 5.13 Å². The van der Waals surface area contributed by atoms with Gasteiger partial charge in [-0.15, -0.1) is 0 Å². The van der Waals surface area contributed by atoms with Gasteiger partial charge in [0.1, 0.15) is 4.64 Å². The predicted octanol–water partition coefficient (Wildman–Crippen LogP) is 3.71. The first-order valence-corrected chi connectivity index (χ1v) is 6.67. The van der Waals surface area contributed by atoms with Crippen LogP contribution in [0.2, 0.25) is 0 Å². The van der Waals surface area contributed by atoms with Crippen molar-refractivity contribution in [2.75, 3.05) is 0 Å².